The minimum atomic E-state index is 0.159. The number of aromatic nitrogens is 3. The Hall–Kier alpha value is -1.24. The summed E-state index contributed by atoms with van der Waals surface area (Å²) in [7, 11) is 1.49. The van der Waals surface area contributed by atoms with Crippen molar-refractivity contribution in [3.05, 3.63) is 0 Å². The van der Waals surface area contributed by atoms with Crippen LogP contribution in [0, 0.1) is 5.92 Å². The van der Waals surface area contributed by atoms with E-state index in [1.54, 1.807) is 0 Å². The van der Waals surface area contributed by atoms with Gasteiger partial charge in [0.1, 0.15) is 0 Å². The van der Waals surface area contributed by atoms with Crippen molar-refractivity contribution >= 4 is 23.7 Å². The molecule has 1 aromatic heterocycles. The van der Waals surface area contributed by atoms with E-state index in [4.69, 9.17) is 10.5 Å². The molecule has 3 N–H and O–H groups in total. The van der Waals surface area contributed by atoms with Crippen LogP contribution >= 0.6 is 11.8 Å². The van der Waals surface area contributed by atoms with Gasteiger partial charge in [-0.3, -0.25) is 0 Å². The summed E-state index contributed by atoms with van der Waals surface area (Å²) in [5, 5.41) is 3.11. The normalized spacial score (nSPS) is 12.2. The molecule has 7 heteroatoms. The minimum absolute atomic E-state index is 0.159. The molecule has 1 atom stereocenters. The monoisotopic (exact) mass is 243 g/mol. The molecule has 0 aliphatic carbocycles. The minimum Gasteiger partial charge on any atom is -0.467 e. The topological polar surface area (TPSA) is 86.0 Å². The number of hydrogen-bond acceptors (Lipinski definition) is 7. The van der Waals surface area contributed by atoms with Crippen molar-refractivity contribution in [2.45, 2.75) is 6.92 Å². The van der Waals surface area contributed by atoms with E-state index < -0.39 is 0 Å². The number of ether oxygens (including phenoxy) is 1. The van der Waals surface area contributed by atoms with Gasteiger partial charge in [0, 0.05) is 6.54 Å². The Morgan fingerprint density at radius 1 is 1.44 bits per heavy atom. The first-order valence-electron chi connectivity index (χ1n) is 4.94. The van der Waals surface area contributed by atoms with Gasteiger partial charge in [-0.15, -0.1) is 0 Å². The van der Waals surface area contributed by atoms with E-state index in [2.05, 4.69) is 33.4 Å². The van der Waals surface area contributed by atoms with Crippen LogP contribution in [0.25, 0.3) is 0 Å². The van der Waals surface area contributed by atoms with Gasteiger partial charge in [0.15, 0.2) is 0 Å². The highest BCUT2D eigenvalue weighted by Gasteiger charge is 2.06. The first-order chi connectivity index (χ1) is 7.65. The van der Waals surface area contributed by atoms with Crippen molar-refractivity contribution in [2.75, 3.05) is 36.7 Å². The lowest BCUT2D eigenvalue weighted by atomic mass is 10.2. The van der Waals surface area contributed by atoms with Crippen LogP contribution in [0.3, 0.4) is 0 Å². The van der Waals surface area contributed by atoms with Gasteiger partial charge in [0.05, 0.1) is 7.11 Å². The fourth-order valence-corrected chi connectivity index (χ4v) is 1.84. The fourth-order valence-electron chi connectivity index (χ4n) is 1.15. The molecule has 0 spiro atoms. The highest BCUT2D eigenvalue weighted by molar-refractivity contribution is 7.98. The van der Waals surface area contributed by atoms with Crippen molar-refractivity contribution in [1.82, 2.24) is 15.0 Å². The van der Waals surface area contributed by atoms with Crippen LogP contribution in [0.15, 0.2) is 0 Å². The standard InChI is InChI=1S/C9H17N5OS/c1-6(5-16-3)4-11-8-12-7(10)13-9(14-8)15-2/h6H,4-5H2,1-3H3,(H3,10,11,12,13,14). The number of hydrogen-bond donors (Lipinski definition) is 2. The van der Waals surface area contributed by atoms with Crippen molar-refractivity contribution in [3.8, 4) is 6.01 Å². The molecule has 1 heterocycles. The summed E-state index contributed by atoms with van der Waals surface area (Å²) in [4.78, 5) is 11.8. The van der Waals surface area contributed by atoms with E-state index >= 15 is 0 Å². The van der Waals surface area contributed by atoms with Crippen molar-refractivity contribution in [1.29, 1.82) is 0 Å². The lowest BCUT2D eigenvalue weighted by Gasteiger charge is -2.11. The Kier molecular flexibility index (Phi) is 5.10. The van der Waals surface area contributed by atoms with E-state index in [1.165, 1.54) is 7.11 Å². The maximum Gasteiger partial charge on any atom is 0.322 e. The quantitative estimate of drug-likeness (QED) is 0.766. The lowest BCUT2D eigenvalue weighted by molar-refractivity contribution is 0.379. The molecule has 6 nitrogen and oxygen atoms in total. The largest absolute Gasteiger partial charge is 0.467 e. The van der Waals surface area contributed by atoms with Crippen LogP contribution in [-0.2, 0) is 0 Å². The van der Waals surface area contributed by atoms with Crippen molar-refractivity contribution < 1.29 is 4.74 Å². The Bertz CT molecular complexity index is 336. The number of anilines is 2. The molecular formula is C9H17N5OS. The molecule has 0 aliphatic rings. The Labute approximate surface area is 99.4 Å². The molecule has 0 aromatic carbocycles. The number of rotatable bonds is 6. The number of nitrogen functional groups attached to an aromatic ring is 1. The summed E-state index contributed by atoms with van der Waals surface area (Å²) < 4.78 is 4.90. The highest BCUT2D eigenvalue weighted by Crippen LogP contribution is 2.10. The van der Waals surface area contributed by atoms with E-state index in [0.717, 1.165) is 12.3 Å². The smallest absolute Gasteiger partial charge is 0.322 e. The van der Waals surface area contributed by atoms with E-state index in [-0.39, 0.29) is 12.0 Å². The molecule has 1 aromatic rings. The molecule has 0 saturated carbocycles. The molecule has 1 rings (SSSR count). The maximum atomic E-state index is 5.51. The van der Waals surface area contributed by atoms with Gasteiger partial charge in [-0.05, 0) is 17.9 Å². The molecule has 16 heavy (non-hydrogen) atoms. The molecule has 0 bridgehead atoms. The first kappa shape index (κ1) is 12.8. The second-order valence-corrected chi connectivity index (χ2v) is 4.36. The Morgan fingerprint density at radius 3 is 2.81 bits per heavy atom. The van der Waals surface area contributed by atoms with Crippen molar-refractivity contribution in [2.24, 2.45) is 5.92 Å². The molecule has 1 unspecified atom stereocenters. The van der Waals surface area contributed by atoms with Gasteiger partial charge in [-0.1, -0.05) is 6.92 Å². The summed E-state index contributed by atoms with van der Waals surface area (Å²) in [6.07, 6.45) is 2.08. The summed E-state index contributed by atoms with van der Waals surface area (Å²) in [5.41, 5.74) is 5.51. The third kappa shape index (κ3) is 4.09. The SMILES string of the molecule is COc1nc(N)nc(NCC(C)CSC)n1. The molecular weight excluding hydrogens is 226 g/mol. The number of nitrogens with one attached hydrogen (secondary N) is 1. The first-order valence-corrected chi connectivity index (χ1v) is 6.33. The van der Waals surface area contributed by atoms with Crippen LogP contribution < -0.4 is 15.8 Å². The fraction of sp³-hybridized carbons (Fsp3) is 0.667. The van der Waals surface area contributed by atoms with E-state index in [0.29, 0.717) is 11.9 Å². The van der Waals surface area contributed by atoms with E-state index in [9.17, 15) is 0 Å². The lowest BCUT2D eigenvalue weighted by Crippen LogP contribution is -2.16. The highest BCUT2D eigenvalue weighted by atomic mass is 32.2. The van der Waals surface area contributed by atoms with Gasteiger partial charge in [-0.2, -0.15) is 26.7 Å². The number of nitrogens with zero attached hydrogens (tertiary/aromatic N) is 3. The summed E-state index contributed by atoms with van der Waals surface area (Å²) in [5.74, 6) is 2.24. The molecule has 0 amide bonds. The number of methoxy groups -OCH3 is 1. The molecule has 0 radical (unpaired) electrons. The van der Waals surface area contributed by atoms with E-state index in [1.807, 2.05) is 11.8 Å². The maximum absolute atomic E-state index is 5.51. The molecule has 0 aliphatic heterocycles. The zero-order valence-corrected chi connectivity index (χ0v) is 10.5. The third-order valence-electron chi connectivity index (χ3n) is 1.87. The van der Waals surface area contributed by atoms with Gasteiger partial charge < -0.3 is 15.8 Å². The predicted molar refractivity (Wildman–Crippen MR) is 66.8 cm³/mol. The molecule has 0 saturated heterocycles. The summed E-state index contributed by atoms with van der Waals surface area (Å²) >= 11 is 1.81. The number of thioether (sulfide) groups is 1. The zero-order chi connectivity index (χ0) is 12.0. The molecule has 0 fully saturated rings. The molecule has 90 valence electrons. The Morgan fingerprint density at radius 2 is 2.19 bits per heavy atom. The average molecular weight is 243 g/mol. The average Bonchev–Trinajstić information content (AvgIpc) is 2.26. The van der Waals surface area contributed by atoms with Gasteiger partial charge >= 0.3 is 6.01 Å². The predicted octanol–water partition coefficient (Wildman–Crippen LogP) is 0.873. The van der Waals surface area contributed by atoms with Gasteiger partial charge in [-0.25, -0.2) is 0 Å². The van der Waals surface area contributed by atoms with Crippen LogP contribution in [0.2, 0.25) is 0 Å². The zero-order valence-electron chi connectivity index (χ0n) is 9.73. The van der Waals surface area contributed by atoms with Crippen LogP contribution in [0.4, 0.5) is 11.9 Å². The van der Waals surface area contributed by atoms with Gasteiger partial charge in [0.25, 0.3) is 0 Å². The van der Waals surface area contributed by atoms with Crippen LogP contribution in [0.5, 0.6) is 6.01 Å². The Balaban J connectivity index is 2.56. The van der Waals surface area contributed by atoms with Crippen LogP contribution in [0.1, 0.15) is 6.92 Å². The number of nitrogens with two attached hydrogens (primary N) is 1. The second kappa shape index (κ2) is 6.37. The second-order valence-electron chi connectivity index (χ2n) is 3.45. The van der Waals surface area contributed by atoms with Crippen LogP contribution in [-0.4, -0.2) is 40.6 Å². The summed E-state index contributed by atoms with van der Waals surface area (Å²) in [6.45, 7) is 2.96. The summed E-state index contributed by atoms with van der Waals surface area (Å²) in [6, 6.07) is 0.229. The van der Waals surface area contributed by atoms with Crippen molar-refractivity contribution in [3.63, 3.8) is 0 Å². The third-order valence-corrected chi connectivity index (χ3v) is 2.78. The van der Waals surface area contributed by atoms with Gasteiger partial charge in [0.2, 0.25) is 11.9 Å².